The number of carbonyl (C=O) groups is 1. The molecule has 0 saturated carbocycles. The van der Waals surface area contributed by atoms with Crippen LogP contribution in [0.1, 0.15) is 23.3 Å². The van der Waals surface area contributed by atoms with Crippen LogP contribution in [-0.4, -0.2) is 44.8 Å². The van der Waals surface area contributed by atoms with E-state index in [4.69, 9.17) is 0 Å². The van der Waals surface area contributed by atoms with Crippen molar-refractivity contribution in [3.63, 3.8) is 0 Å². The van der Waals surface area contributed by atoms with Gasteiger partial charge >= 0.3 is 0 Å². The zero-order chi connectivity index (χ0) is 17.2. The van der Waals surface area contributed by atoms with Gasteiger partial charge in [0.1, 0.15) is 5.69 Å². The molecule has 1 aliphatic heterocycles. The summed E-state index contributed by atoms with van der Waals surface area (Å²) in [6.07, 6.45) is 7.21. The fourth-order valence-corrected chi connectivity index (χ4v) is 3.13. The Balaban J connectivity index is 1.51. The molecular weight excluding hydrogens is 316 g/mol. The highest BCUT2D eigenvalue weighted by molar-refractivity contribution is 5.92. The molecule has 1 aromatic carbocycles. The second-order valence-corrected chi connectivity index (χ2v) is 6.38. The second-order valence-electron chi connectivity index (χ2n) is 6.38. The van der Waals surface area contributed by atoms with Crippen LogP contribution in [-0.2, 0) is 7.05 Å². The lowest BCUT2D eigenvalue weighted by atomic mass is 10.1. The number of piperidine rings is 1. The van der Waals surface area contributed by atoms with E-state index >= 15 is 0 Å². The molecule has 1 saturated heterocycles. The first-order chi connectivity index (χ1) is 12.2. The monoisotopic (exact) mass is 336 g/mol. The molecule has 0 aliphatic carbocycles. The Kier molecular flexibility index (Phi) is 4.15. The highest BCUT2D eigenvalue weighted by Crippen LogP contribution is 2.21. The third-order valence-corrected chi connectivity index (χ3v) is 4.43. The molecule has 0 bridgehead atoms. The van der Waals surface area contributed by atoms with Gasteiger partial charge in [-0.3, -0.25) is 14.5 Å². The van der Waals surface area contributed by atoms with Gasteiger partial charge in [0, 0.05) is 36.8 Å². The Morgan fingerprint density at radius 3 is 3.00 bits per heavy atom. The summed E-state index contributed by atoms with van der Waals surface area (Å²) in [5.74, 6) is -0.173. The smallest absolute Gasteiger partial charge is 0.271 e. The number of amides is 1. The maximum absolute atomic E-state index is 12.3. The molecule has 3 aromatic rings. The van der Waals surface area contributed by atoms with E-state index in [0.717, 1.165) is 48.1 Å². The molecule has 2 aromatic heterocycles. The molecule has 0 radical (unpaired) electrons. The van der Waals surface area contributed by atoms with Crippen molar-refractivity contribution in [2.75, 3.05) is 13.1 Å². The summed E-state index contributed by atoms with van der Waals surface area (Å²) in [6.45, 7) is 1.82. The third kappa shape index (κ3) is 3.36. The quantitative estimate of drug-likeness (QED) is 0.757. The van der Waals surface area contributed by atoms with Crippen molar-refractivity contribution in [3.05, 3.63) is 42.5 Å². The predicted octanol–water partition coefficient (Wildman–Crippen LogP) is 1.51. The van der Waals surface area contributed by atoms with Crippen LogP contribution in [0.2, 0.25) is 0 Å². The number of nitrogens with one attached hydrogen (secondary N) is 2. The number of aryl methyl sites for hydroxylation is 1. The molecule has 1 atom stereocenters. The Morgan fingerprint density at radius 1 is 1.32 bits per heavy atom. The van der Waals surface area contributed by atoms with Gasteiger partial charge in [-0.1, -0.05) is 12.1 Å². The van der Waals surface area contributed by atoms with Crippen LogP contribution in [0.4, 0.5) is 0 Å². The van der Waals surface area contributed by atoms with Crippen molar-refractivity contribution >= 4 is 16.8 Å². The molecule has 4 rings (SSSR count). The van der Waals surface area contributed by atoms with Crippen LogP contribution in [0.3, 0.4) is 0 Å². The maximum atomic E-state index is 12.3. The molecule has 7 nitrogen and oxygen atoms in total. The number of hydrogen-bond acceptors (Lipinski definition) is 5. The Morgan fingerprint density at radius 2 is 2.24 bits per heavy atom. The van der Waals surface area contributed by atoms with Crippen molar-refractivity contribution in [1.29, 1.82) is 0 Å². The van der Waals surface area contributed by atoms with Crippen LogP contribution >= 0.6 is 0 Å². The zero-order valence-corrected chi connectivity index (χ0v) is 14.1. The summed E-state index contributed by atoms with van der Waals surface area (Å²) >= 11 is 0. The Bertz CT molecular complexity index is 896. The third-order valence-electron chi connectivity index (χ3n) is 4.43. The first kappa shape index (κ1) is 15.7. The summed E-state index contributed by atoms with van der Waals surface area (Å²) in [5.41, 5.74) is 2.91. The largest absolute Gasteiger partial charge is 0.347 e. The van der Waals surface area contributed by atoms with Crippen LogP contribution < -0.4 is 10.6 Å². The fourth-order valence-electron chi connectivity index (χ4n) is 3.13. The van der Waals surface area contributed by atoms with Crippen LogP contribution in [0.5, 0.6) is 0 Å². The van der Waals surface area contributed by atoms with Crippen molar-refractivity contribution in [3.8, 4) is 11.3 Å². The van der Waals surface area contributed by atoms with Gasteiger partial charge in [-0.15, -0.1) is 0 Å². The number of carbonyl (C=O) groups excluding carboxylic acids is 1. The molecular formula is C18H20N6O. The predicted molar refractivity (Wildman–Crippen MR) is 95.1 cm³/mol. The topological polar surface area (TPSA) is 84.7 Å². The SMILES string of the molecule is Cn1cc2ccc(-c3cnc(C(=O)NC4CCCNC4)cn3)cc2n1. The van der Waals surface area contributed by atoms with Crippen molar-refractivity contribution < 1.29 is 4.79 Å². The summed E-state index contributed by atoms with van der Waals surface area (Å²) in [7, 11) is 1.90. The van der Waals surface area contributed by atoms with E-state index in [-0.39, 0.29) is 11.9 Å². The van der Waals surface area contributed by atoms with Gasteiger partial charge < -0.3 is 10.6 Å². The average molecular weight is 336 g/mol. The van der Waals surface area contributed by atoms with Crippen molar-refractivity contribution in [1.82, 2.24) is 30.4 Å². The van der Waals surface area contributed by atoms with Crippen molar-refractivity contribution in [2.45, 2.75) is 18.9 Å². The highest BCUT2D eigenvalue weighted by Gasteiger charge is 2.17. The van der Waals surface area contributed by atoms with E-state index in [9.17, 15) is 4.79 Å². The molecule has 1 aliphatic rings. The van der Waals surface area contributed by atoms with Gasteiger partial charge in [0.05, 0.1) is 23.6 Å². The number of fused-ring (bicyclic) bond motifs is 1. The average Bonchev–Trinajstić information content (AvgIpc) is 3.02. The molecule has 25 heavy (non-hydrogen) atoms. The second kappa shape index (κ2) is 6.60. The zero-order valence-electron chi connectivity index (χ0n) is 14.1. The summed E-state index contributed by atoms with van der Waals surface area (Å²) in [6, 6.07) is 6.14. The standard InChI is InChI=1S/C18H20N6O/c1-24-11-13-5-4-12(7-15(13)23-24)16-9-21-17(10-20-16)18(25)22-14-3-2-6-19-8-14/h4-5,7,9-11,14,19H,2-3,6,8H2,1H3,(H,22,25). The number of nitrogens with zero attached hydrogens (tertiary/aromatic N) is 4. The molecule has 1 amide bonds. The molecule has 128 valence electrons. The van der Waals surface area contributed by atoms with Gasteiger partial charge in [0.2, 0.25) is 0 Å². The number of hydrogen-bond donors (Lipinski definition) is 2. The fraction of sp³-hybridized carbons (Fsp3) is 0.333. The van der Waals surface area contributed by atoms with Crippen LogP contribution in [0.15, 0.2) is 36.8 Å². The summed E-state index contributed by atoms with van der Waals surface area (Å²) < 4.78 is 1.79. The normalized spacial score (nSPS) is 17.6. The molecule has 1 fully saturated rings. The molecule has 7 heteroatoms. The van der Waals surface area contributed by atoms with Crippen LogP contribution in [0.25, 0.3) is 22.2 Å². The number of benzene rings is 1. The molecule has 2 N–H and O–H groups in total. The van der Waals surface area contributed by atoms with E-state index in [1.807, 2.05) is 31.4 Å². The summed E-state index contributed by atoms with van der Waals surface area (Å²) in [4.78, 5) is 21.0. The van der Waals surface area contributed by atoms with Gasteiger partial charge in [-0.2, -0.15) is 5.10 Å². The highest BCUT2D eigenvalue weighted by atomic mass is 16.1. The number of rotatable bonds is 3. The minimum absolute atomic E-state index is 0.161. The Labute approximate surface area is 145 Å². The molecule has 3 heterocycles. The van der Waals surface area contributed by atoms with Gasteiger partial charge in [-0.25, -0.2) is 4.98 Å². The van der Waals surface area contributed by atoms with Crippen LogP contribution in [0, 0.1) is 0 Å². The van der Waals surface area contributed by atoms with Gasteiger partial charge in [-0.05, 0) is 25.5 Å². The van der Waals surface area contributed by atoms with E-state index in [1.54, 1.807) is 10.9 Å². The van der Waals surface area contributed by atoms with E-state index in [1.165, 1.54) is 6.20 Å². The first-order valence-corrected chi connectivity index (χ1v) is 8.46. The minimum Gasteiger partial charge on any atom is -0.347 e. The molecule has 1 unspecified atom stereocenters. The lowest BCUT2D eigenvalue weighted by Gasteiger charge is -2.23. The van der Waals surface area contributed by atoms with Gasteiger partial charge in [0.15, 0.2) is 0 Å². The summed E-state index contributed by atoms with van der Waals surface area (Å²) in [5, 5.41) is 11.8. The lowest BCUT2D eigenvalue weighted by Crippen LogP contribution is -2.45. The van der Waals surface area contributed by atoms with E-state index in [0.29, 0.717) is 5.69 Å². The van der Waals surface area contributed by atoms with E-state index in [2.05, 4.69) is 25.7 Å². The maximum Gasteiger partial charge on any atom is 0.271 e. The number of aromatic nitrogens is 4. The Hall–Kier alpha value is -2.80. The molecule has 0 spiro atoms. The van der Waals surface area contributed by atoms with Gasteiger partial charge in [0.25, 0.3) is 5.91 Å². The van der Waals surface area contributed by atoms with E-state index < -0.39 is 0 Å². The minimum atomic E-state index is -0.173. The van der Waals surface area contributed by atoms with Crippen molar-refractivity contribution in [2.24, 2.45) is 7.05 Å². The first-order valence-electron chi connectivity index (χ1n) is 8.46. The lowest BCUT2D eigenvalue weighted by molar-refractivity contribution is 0.0925.